The zero-order valence-electron chi connectivity index (χ0n) is 18.5. The Bertz CT molecular complexity index is 1100. The zero-order chi connectivity index (χ0) is 23.1. The number of aryl methyl sites for hydroxylation is 2. The van der Waals surface area contributed by atoms with Gasteiger partial charge in [0.05, 0.1) is 18.4 Å². The molecule has 0 spiro atoms. The number of esters is 1. The molecule has 0 fully saturated rings. The molecule has 0 aliphatic heterocycles. The first-order valence-electron chi connectivity index (χ1n) is 10.1. The van der Waals surface area contributed by atoms with Crippen LogP contribution in [-0.4, -0.2) is 39.5 Å². The fourth-order valence-electron chi connectivity index (χ4n) is 3.09. The molecule has 168 valence electrons. The summed E-state index contributed by atoms with van der Waals surface area (Å²) < 4.78 is 12.5. The third kappa shape index (κ3) is 5.88. The number of hydrogen-bond acceptors (Lipinski definition) is 7. The summed E-state index contributed by atoms with van der Waals surface area (Å²) in [5.74, 6) is 1.09. The number of anilines is 1. The standard InChI is InChI=1S/C23H26N4O4S/c1-5-27-20(13-31-19-11-6-15(2)12-16(19)3)25-26-23(27)32-14-21(28)24-18-9-7-17(8-10-18)22(29)30-4/h6-12H,5,13-14H2,1-4H3,(H,24,28). The first kappa shape index (κ1) is 23.3. The SMILES string of the molecule is CCn1c(COc2ccc(C)cc2C)nnc1SCC(=O)Nc1ccc(C(=O)OC)cc1. The molecule has 0 aliphatic rings. The smallest absolute Gasteiger partial charge is 0.337 e. The molecule has 0 radical (unpaired) electrons. The van der Waals surface area contributed by atoms with Crippen molar-refractivity contribution in [1.82, 2.24) is 14.8 Å². The van der Waals surface area contributed by atoms with Crippen molar-refractivity contribution in [2.45, 2.75) is 39.1 Å². The minimum Gasteiger partial charge on any atom is -0.485 e. The maximum atomic E-state index is 12.3. The van der Waals surface area contributed by atoms with Gasteiger partial charge in [0.2, 0.25) is 5.91 Å². The van der Waals surface area contributed by atoms with E-state index in [2.05, 4.69) is 26.3 Å². The van der Waals surface area contributed by atoms with E-state index in [0.717, 1.165) is 11.3 Å². The number of rotatable bonds is 9. The summed E-state index contributed by atoms with van der Waals surface area (Å²) in [6.07, 6.45) is 0. The van der Waals surface area contributed by atoms with Gasteiger partial charge in [0, 0.05) is 12.2 Å². The Kier molecular flexibility index (Phi) is 7.88. The first-order valence-corrected chi connectivity index (χ1v) is 11.1. The van der Waals surface area contributed by atoms with Crippen LogP contribution in [0, 0.1) is 13.8 Å². The predicted molar refractivity (Wildman–Crippen MR) is 123 cm³/mol. The van der Waals surface area contributed by atoms with Crippen LogP contribution >= 0.6 is 11.8 Å². The monoisotopic (exact) mass is 454 g/mol. The first-order chi connectivity index (χ1) is 15.4. The van der Waals surface area contributed by atoms with E-state index < -0.39 is 5.97 Å². The van der Waals surface area contributed by atoms with Crippen molar-refractivity contribution in [2.24, 2.45) is 0 Å². The van der Waals surface area contributed by atoms with Gasteiger partial charge in [-0.1, -0.05) is 29.5 Å². The van der Waals surface area contributed by atoms with Crippen molar-refractivity contribution in [2.75, 3.05) is 18.2 Å². The van der Waals surface area contributed by atoms with E-state index in [1.54, 1.807) is 24.3 Å². The summed E-state index contributed by atoms with van der Waals surface area (Å²) in [6.45, 7) is 7.01. The molecule has 1 amide bonds. The Hall–Kier alpha value is -3.33. The molecule has 1 N–H and O–H groups in total. The van der Waals surface area contributed by atoms with Crippen molar-refractivity contribution < 1.29 is 19.1 Å². The van der Waals surface area contributed by atoms with Crippen LogP contribution in [0.15, 0.2) is 47.6 Å². The molecule has 3 aromatic rings. The maximum Gasteiger partial charge on any atom is 0.337 e. The molecule has 2 aromatic carbocycles. The van der Waals surface area contributed by atoms with Gasteiger partial charge in [-0.15, -0.1) is 10.2 Å². The van der Waals surface area contributed by atoms with E-state index in [4.69, 9.17) is 4.74 Å². The van der Waals surface area contributed by atoms with Crippen molar-refractivity contribution in [3.05, 3.63) is 65.0 Å². The quantitative estimate of drug-likeness (QED) is 0.385. The highest BCUT2D eigenvalue weighted by Crippen LogP contribution is 2.22. The van der Waals surface area contributed by atoms with Crippen LogP contribution in [-0.2, 0) is 22.7 Å². The normalized spacial score (nSPS) is 10.6. The van der Waals surface area contributed by atoms with Gasteiger partial charge in [-0.25, -0.2) is 4.79 Å². The average Bonchev–Trinajstić information content (AvgIpc) is 3.19. The van der Waals surface area contributed by atoms with E-state index in [1.807, 2.05) is 37.5 Å². The lowest BCUT2D eigenvalue weighted by molar-refractivity contribution is -0.113. The lowest BCUT2D eigenvalue weighted by Gasteiger charge is -2.11. The summed E-state index contributed by atoms with van der Waals surface area (Å²) in [6, 6.07) is 12.6. The number of methoxy groups -OCH3 is 1. The number of benzene rings is 2. The minimum atomic E-state index is -0.422. The van der Waals surface area contributed by atoms with Crippen molar-refractivity contribution in [3.63, 3.8) is 0 Å². The molecule has 0 saturated carbocycles. The van der Waals surface area contributed by atoms with Gasteiger partial charge in [-0.3, -0.25) is 4.79 Å². The van der Waals surface area contributed by atoms with Gasteiger partial charge in [-0.05, 0) is 56.7 Å². The summed E-state index contributed by atoms with van der Waals surface area (Å²) >= 11 is 1.31. The molecule has 0 aliphatic carbocycles. The van der Waals surface area contributed by atoms with Crippen LogP contribution < -0.4 is 10.1 Å². The molecular weight excluding hydrogens is 428 g/mol. The Morgan fingerprint density at radius 3 is 2.50 bits per heavy atom. The van der Waals surface area contributed by atoms with E-state index >= 15 is 0 Å². The highest BCUT2D eigenvalue weighted by atomic mass is 32.2. The molecule has 1 heterocycles. The van der Waals surface area contributed by atoms with Gasteiger partial charge >= 0.3 is 5.97 Å². The highest BCUT2D eigenvalue weighted by Gasteiger charge is 2.14. The molecule has 0 atom stereocenters. The highest BCUT2D eigenvalue weighted by molar-refractivity contribution is 7.99. The molecule has 0 saturated heterocycles. The van der Waals surface area contributed by atoms with E-state index in [0.29, 0.717) is 35.4 Å². The van der Waals surface area contributed by atoms with Gasteiger partial charge in [-0.2, -0.15) is 0 Å². The Labute approximate surface area is 191 Å². The Balaban J connectivity index is 1.56. The number of nitrogens with zero attached hydrogens (tertiary/aromatic N) is 3. The van der Waals surface area contributed by atoms with Crippen LogP contribution in [0.25, 0.3) is 0 Å². The maximum absolute atomic E-state index is 12.3. The van der Waals surface area contributed by atoms with E-state index in [1.165, 1.54) is 24.4 Å². The Morgan fingerprint density at radius 1 is 1.09 bits per heavy atom. The second-order valence-electron chi connectivity index (χ2n) is 7.11. The van der Waals surface area contributed by atoms with Crippen LogP contribution in [0.4, 0.5) is 5.69 Å². The summed E-state index contributed by atoms with van der Waals surface area (Å²) in [4.78, 5) is 23.8. The van der Waals surface area contributed by atoms with Gasteiger partial charge in [0.25, 0.3) is 0 Å². The lowest BCUT2D eigenvalue weighted by atomic mass is 10.1. The second kappa shape index (κ2) is 10.8. The van der Waals surface area contributed by atoms with Gasteiger partial charge in [0.1, 0.15) is 12.4 Å². The predicted octanol–water partition coefficient (Wildman–Crippen LogP) is 4.01. The molecular formula is C23H26N4O4S. The number of thioether (sulfide) groups is 1. The van der Waals surface area contributed by atoms with Crippen LogP contribution in [0.5, 0.6) is 5.75 Å². The van der Waals surface area contributed by atoms with E-state index in [9.17, 15) is 9.59 Å². The van der Waals surface area contributed by atoms with Crippen LogP contribution in [0.2, 0.25) is 0 Å². The fourth-order valence-corrected chi connectivity index (χ4v) is 3.91. The van der Waals surface area contributed by atoms with Gasteiger partial charge < -0.3 is 19.4 Å². The summed E-state index contributed by atoms with van der Waals surface area (Å²) in [5.41, 5.74) is 3.27. The van der Waals surface area contributed by atoms with Crippen molar-refractivity contribution >= 4 is 29.3 Å². The van der Waals surface area contributed by atoms with Crippen LogP contribution in [0.3, 0.4) is 0 Å². The number of carbonyl (C=O) groups is 2. The third-order valence-corrected chi connectivity index (χ3v) is 5.69. The molecule has 9 heteroatoms. The number of ether oxygens (including phenoxy) is 2. The van der Waals surface area contributed by atoms with Crippen molar-refractivity contribution in [3.8, 4) is 5.75 Å². The number of nitrogens with one attached hydrogen (secondary N) is 1. The lowest BCUT2D eigenvalue weighted by Crippen LogP contribution is -2.15. The summed E-state index contributed by atoms with van der Waals surface area (Å²) in [7, 11) is 1.32. The molecule has 3 rings (SSSR count). The molecule has 8 nitrogen and oxygen atoms in total. The largest absolute Gasteiger partial charge is 0.485 e. The van der Waals surface area contributed by atoms with Crippen LogP contribution in [0.1, 0.15) is 34.2 Å². The number of amides is 1. The number of carbonyl (C=O) groups excluding carboxylic acids is 2. The Morgan fingerprint density at radius 2 is 1.84 bits per heavy atom. The molecule has 1 aromatic heterocycles. The third-order valence-electron chi connectivity index (χ3n) is 4.72. The second-order valence-corrected chi connectivity index (χ2v) is 8.05. The van der Waals surface area contributed by atoms with Crippen molar-refractivity contribution in [1.29, 1.82) is 0 Å². The number of aromatic nitrogens is 3. The molecule has 32 heavy (non-hydrogen) atoms. The molecule has 0 bridgehead atoms. The minimum absolute atomic E-state index is 0.175. The van der Waals surface area contributed by atoms with Gasteiger partial charge in [0.15, 0.2) is 11.0 Å². The molecule has 0 unspecified atom stereocenters. The summed E-state index contributed by atoms with van der Waals surface area (Å²) in [5, 5.41) is 11.9. The average molecular weight is 455 g/mol. The number of hydrogen-bond donors (Lipinski definition) is 1. The topological polar surface area (TPSA) is 95.3 Å². The van der Waals surface area contributed by atoms with E-state index in [-0.39, 0.29) is 11.7 Å². The fraction of sp³-hybridized carbons (Fsp3) is 0.304. The zero-order valence-corrected chi connectivity index (χ0v) is 19.4.